The molecule has 0 saturated heterocycles. The molecular formula is C13H13N2O3S-. The van der Waals surface area contributed by atoms with Crippen molar-refractivity contribution < 1.29 is 13.5 Å². The van der Waals surface area contributed by atoms with Crippen molar-refractivity contribution in [1.29, 1.82) is 0 Å². The zero-order chi connectivity index (χ0) is 13.7. The molecule has 0 aliphatic heterocycles. The van der Waals surface area contributed by atoms with Crippen molar-refractivity contribution >= 4 is 28.3 Å². The number of nitrogens with one attached hydrogen (secondary N) is 2. The van der Waals surface area contributed by atoms with E-state index in [9.17, 15) is 8.76 Å². The summed E-state index contributed by atoms with van der Waals surface area (Å²) in [6.45, 7) is 0. The summed E-state index contributed by atoms with van der Waals surface area (Å²) >= 11 is -2.42. The highest BCUT2D eigenvalue weighted by atomic mass is 32.2. The molecule has 0 spiro atoms. The second-order valence-corrected chi connectivity index (χ2v) is 4.38. The molecule has 0 saturated carbocycles. The number of methoxy groups -OCH3 is 1. The third kappa shape index (κ3) is 3.46. The van der Waals surface area contributed by atoms with Gasteiger partial charge in [-0.1, -0.05) is 24.3 Å². The third-order valence-corrected chi connectivity index (χ3v) is 2.86. The van der Waals surface area contributed by atoms with Crippen molar-refractivity contribution in [1.82, 2.24) is 0 Å². The van der Waals surface area contributed by atoms with E-state index in [0.29, 0.717) is 17.1 Å². The molecule has 0 aromatic heterocycles. The van der Waals surface area contributed by atoms with Crippen LogP contribution in [-0.4, -0.2) is 15.9 Å². The van der Waals surface area contributed by atoms with Crippen molar-refractivity contribution in [2.45, 2.75) is 0 Å². The first-order chi connectivity index (χ1) is 9.20. The summed E-state index contributed by atoms with van der Waals surface area (Å²) in [5.74, 6) is 0.449. The van der Waals surface area contributed by atoms with Gasteiger partial charge in [0.2, 0.25) is 0 Å². The van der Waals surface area contributed by atoms with Gasteiger partial charge in [0.1, 0.15) is 11.4 Å². The maximum Gasteiger partial charge on any atom is 0.144 e. The molecule has 1 unspecified atom stereocenters. The molecule has 0 heterocycles. The van der Waals surface area contributed by atoms with Crippen molar-refractivity contribution in [2.24, 2.45) is 0 Å². The van der Waals surface area contributed by atoms with Crippen molar-refractivity contribution in [2.75, 3.05) is 17.1 Å². The molecule has 1 atom stereocenters. The lowest BCUT2D eigenvalue weighted by Crippen LogP contribution is -2.06. The second kappa shape index (κ2) is 6.21. The molecule has 100 valence electrons. The summed E-state index contributed by atoms with van der Waals surface area (Å²) in [4.78, 5) is 0. The Bertz CT molecular complexity index is 575. The number of anilines is 3. The lowest BCUT2D eigenvalue weighted by molar-refractivity contribution is 0.417. The van der Waals surface area contributed by atoms with Crippen LogP contribution in [-0.2, 0) is 11.3 Å². The molecule has 0 bridgehead atoms. The standard InChI is InChI=1S/C13H14N2O3S/c1-18-12-9-5-8-11(13(12)15-19(16)17)14-10-6-3-2-4-7-10/h2-9,14-15H,1H3,(H,16,17)/p-1. The molecule has 6 heteroatoms. The van der Waals surface area contributed by atoms with E-state index < -0.39 is 11.3 Å². The molecule has 0 aliphatic rings. The van der Waals surface area contributed by atoms with Crippen LogP contribution in [0.1, 0.15) is 0 Å². The fourth-order valence-electron chi connectivity index (χ4n) is 1.67. The Morgan fingerprint density at radius 3 is 2.47 bits per heavy atom. The SMILES string of the molecule is COc1cccc(Nc2ccccc2)c1NS(=O)[O-]. The normalized spacial score (nSPS) is 11.7. The highest BCUT2D eigenvalue weighted by molar-refractivity contribution is 7.80. The van der Waals surface area contributed by atoms with E-state index in [1.807, 2.05) is 30.3 Å². The van der Waals surface area contributed by atoms with E-state index in [1.54, 1.807) is 18.2 Å². The summed E-state index contributed by atoms with van der Waals surface area (Å²) in [5, 5.41) is 3.14. The molecular weight excluding hydrogens is 264 g/mol. The van der Waals surface area contributed by atoms with Crippen molar-refractivity contribution in [3.8, 4) is 5.75 Å². The van der Waals surface area contributed by atoms with Gasteiger partial charge in [-0.05, 0) is 24.3 Å². The first kappa shape index (κ1) is 13.4. The number of benzene rings is 2. The van der Waals surface area contributed by atoms with Crippen molar-refractivity contribution in [3.05, 3.63) is 48.5 Å². The van der Waals surface area contributed by atoms with Gasteiger partial charge in [-0.15, -0.1) is 0 Å². The van der Waals surface area contributed by atoms with Gasteiger partial charge in [0.05, 0.1) is 12.8 Å². The zero-order valence-corrected chi connectivity index (χ0v) is 11.1. The number of para-hydroxylation sites is 2. The molecule has 19 heavy (non-hydrogen) atoms. The maximum absolute atomic E-state index is 10.8. The fourth-order valence-corrected chi connectivity index (χ4v) is 2.05. The molecule has 5 nitrogen and oxygen atoms in total. The molecule has 2 aromatic carbocycles. The summed E-state index contributed by atoms with van der Waals surface area (Å²) in [5.41, 5.74) is 1.85. The topological polar surface area (TPSA) is 73.4 Å². The summed E-state index contributed by atoms with van der Waals surface area (Å²) < 4.78 is 29.2. The quantitative estimate of drug-likeness (QED) is 0.824. The number of hydrogen-bond acceptors (Lipinski definition) is 4. The predicted molar refractivity (Wildman–Crippen MR) is 75.3 cm³/mol. The average Bonchev–Trinajstić information content (AvgIpc) is 2.41. The van der Waals surface area contributed by atoms with Gasteiger partial charge in [0.25, 0.3) is 0 Å². The zero-order valence-electron chi connectivity index (χ0n) is 10.3. The van der Waals surface area contributed by atoms with Gasteiger partial charge in [-0.25, -0.2) is 0 Å². The number of rotatable bonds is 5. The van der Waals surface area contributed by atoms with E-state index in [2.05, 4.69) is 10.0 Å². The Hall–Kier alpha value is -2.05. The van der Waals surface area contributed by atoms with Crippen LogP contribution >= 0.6 is 0 Å². The molecule has 0 aliphatic carbocycles. The summed E-state index contributed by atoms with van der Waals surface area (Å²) in [7, 11) is 1.49. The van der Waals surface area contributed by atoms with Crippen molar-refractivity contribution in [3.63, 3.8) is 0 Å². The van der Waals surface area contributed by atoms with E-state index >= 15 is 0 Å². The van der Waals surface area contributed by atoms with Crippen LogP contribution in [0.5, 0.6) is 5.75 Å². The monoisotopic (exact) mass is 277 g/mol. The first-order valence-electron chi connectivity index (χ1n) is 5.55. The highest BCUT2D eigenvalue weighted by Gasteiger charge is 2.09. The van der Waals surface area contributed by atoms with E-state index in [4.69, 9.17) is 4.74 Å². The van der Waals surface area contributed by atoms with E-state index in [0.717, 1.165) is 5.69 Å². The smallest absolute Gasteiger partial charge is 0.144 e. The summed E-state index contributed by atoms with van der Waals surface area (Å²) in [6.07, 6.45) is 0. The third-order valence-electron chi connectivity index (χ3n) is 2.48. The molecule has 2 aromatic rings. The molecule has 0 fully saturated rings. The summed E-state index contributed by atoms with van der Waals surface area (Å²) in [6, 6.07) is 14.7. The van der Waals surface area contributed by atoms with Crippen LogP contribution in [0.3, 0.4) is 0 Å². The molecule has 2 rings (SSSR count). The van der Waals surface area contributed by atoms with Gasteiger partial charge in [0.15, 0.2) is 0 Å². The molecule has 2 N–H and O–H groups in total. The highest BCUT2D eigenvalue weighted by Crippen LogP contribution is 2.34. The van der Waals surface area contributed by atoms with Crippen LogP contribution in [0, 0.1) is 0 Å². The second-order valence-electron chi connectivity index (χ2n) is 3.71. The first-order valence-corrected chi connectivity index (χ1v) is 6.63. The Morgan fingerprint density at radius 2 is 1.84 bits per heavy atom. The van der Waals surface area contributed by atoms with Gasteiger partial charge >= 0.3 is 0 Å². The minimum Gasteiger partial charge on any atom is -0.755 e. The lowest BCUT2D eigenvalue weighted by atomic mass is 10.2. The van der Waals surface area contributed by atoms with Crippen LogP contribution in [0.4, 0.5) is 17.1 Å². The van der Waals surface area contributed by atoms with Gasteiger partial charge in [-0.3, -0.25) is 4.21 Å². The van der Waals surface area contributed by atoms with Crippen LogP contribution in [0.2, 0.25) is 0 Å². The lowest BCUT2D eigenvalue weighted by Gasteiger charge is -2.17. The number of hydrogen-bond donors (Lipinski definition) is 2. The molecule has 0 amide bonds. The van der Waals surface area contributed by atoms with Gasteiger partial charge in [0, 0.05) is 17.0 Å². The van der Waals surface area contributed by atoms with Gasteiger partial charge in [-0.2, -0.15) is 0 Å². The fraction of sp³-hybridized carbons (Fsp3) is 0.0769. The number of ether oxygens (including phenoxy) is 1. The Balaban J connectivity index is 2.36. The minimum absolute atomic E-state index is 0.377. The predicted octanol–water partition coefficient (Wildman–Crippen LogP) is 2.64. The molecule has 0 radical (unpaired) electrons. The Labute approximate surface area is 114 Å². The maximum atomic E-state index is 10.8. The van der Waals surface area contributed by atoms with Crippen LogP contribution in [0.15, 0.2) is 48.5 Å². The Morgan fingerprint density at radius 1 is 1.11 bits per heavy atom. The van der Waals surface area contributed by atoms with Crippen LogP contribution in [0.25, 0.3) is 0 Å². The average molecular weight is 277 g/mol. The van der Waals surface area contributed by atoms with E-state index in [1.165, 1.54) is 7.11 Å². The Kier molecular flexibility index (Phi) is 4.38. The largest absolute Gasteiger partial charge is 0.755 e. The van der Waals surface area contributed by atoms with Crippen LogP contribution < -0.4 is 14.8 Å². The van der Waals surface area contributed by atoms with E-state index in [-0.39, 0.29) is 0 Å². The van der Waals surface area contributed by atoms with Gasteiger partial charge < -0.3 is 19.3 Å². The minimum atomic E-state index is -2.42.